The zero-order valence-corrected chi connectivity index (χ0v) is 12.6. The number of aryl methyl sites for hydroxylation is 1. The molecule has 0 N–H and O–H groups in total. The molecule has 0 fully saturated rings. The fourth-order valence-corrected chi connectivity index (χ4v) is 2.49. The third-order valence-electron chi connectivity index (χ3n) is 2.58. The lowest BCUT2D eigenvalue weighted by molar-refractivity contribution is 0.767. The van der Waals surface area contributed by atoms with E-state index in [4.69, 9.17) is 11.6 Å². The molecule has 0 radical (unpaired) electrons. The zero-order valence-electron chi connectivity index (χ0n) is 11.0. The summed E-state index contributed by atoms with van der Waals surface area (Å²) in [6.45, 7) is 5.74. The summed E-state index contributed by atoms with van der Waals surface area (Å²) in [4.78, 5) is 19.0. The van der Waals surface area contributed by atoms with Gasteiger partial charge in [0, 0.05) is 32.5 Å². The molecule has 0 aliphatic heterocycles. The first-order valence-electron chi connectivity index (χ1n) is 5.95. The molecule has 0 atom stereocenters. The van der Waals surface area contributed by atoms with Gasteiger partial charge >= 0.3 is 0 Å². The number of aromatic nitrogens is 5. The minimum Gasteiger partial charge on any atom is -0.341 e. The summed E-state index contributed by atoms with van der Waals surface area (Å²) in [5, 5.41) is 1.57. The molecule has 0 spiro atoms. The molecule has 0 saturated carbocycles. The fraction of sp³-hybridized carbons (Fsp3) is 0.455. The van der Waals surface area contributed by atoms with Gasteiger partial charge in [-0.25, -0.2) is 4.98 Å². The van der Waals surface area contributed by atoms with E-state index in [1.807, 2.05) is 36.6 Å². The molecule has 8 heteroatoms. The molecule has 19 heavy (non-hydrogen) atoms. The van der Waals surface area contributed by atoms with Crippen LogP contribution in [0.2, 0.25) is 5.28 Å². The SMILES string of the molecule is CCN(CC)c1nc(Cl)nc(Sc2nccn2C)n1. The number of rotatable bonds is 5. The predicted octanol–water partition coefficient (Wildman–Crippen LogP) is 2.26. The molecule has 0 unspecified atom stereocenters. The molecule has 2 rings (SSSR count). The Labute approximate surface area is 121 Å². The van der Waals surface area contributed by atoms with Crippen molar-refractivity contribution in [1.82, 2.24) is 24.5 Å². The van der Waals surface area contributed by atoms with E-state index in [1.165, 1.54) is 11.8 Å². The molecule has 0 saturated heterocycles. The molecule has 2 aromatic rings. The van der Waals surface area contributed by atoms with Gasteiger partial charge in [0.15, 0.2) is 5.16 Å². The van der Waals surface area contributed by atoms with Crippen molar-refractivity contribution >= 4 is 29.3 Å². The maximum atomic E-state index is 5.96. The smallest absolute Gasteiger partial charge is 0.230 e. The molecule has 6 nitrogen and oxygen atoms in total. The van der Waals surface area contributed by atoms with E-state index in [1.54, 1.807) is 6.20 Å². The molecule has 0 aliphatic rings. The van der Waals surface area contributed by atoms with Crippen LogP contribution in [0.4, 0.5) is 5.95 Å². The number of nitrogens with zero attached hydrogens (tertiary/aromatic N) is 6. The van der Waals surface area contributed by atoms with Crippen molar-refractivity contribution in [2.24, 2.45) is 7.05 Å². The largest absolute Gasteiger partial charge is 0.341 e. The maximum absolute atomic E-state index is 5.96. The number of halogens is 1. The highest BCUT2D eigenvalue weighted by molar-refractivity contribution is 7.99. The Balaban J connectivity index is 2.29. The van der Waals surface area contributed by atoms with Gasteiger partial charge < -0.3 is 9.47 Å². The number of anilines is 1. The third kappa shape index (κ3) is 3.36. The quantitative estimate of drug-likeness (QED) is 0.844. The highest BCUT2D eigenvalue weighted by atomic mass is 35.5. The molecular weight excluding hydrogens is 284 g/mol. The molecule has 0 amide bonds. The van der Waals surface area contributed by atoms with Crippen molar-refractivity contribution in [2.45, 2.75) is 24.2 Å². The first kappa shape index (κ1) is 14.1. The van der Waals surface area contributed by atoms with Crippen LogP contribution in [0.25, 0.3) is 0 Å². The summed E-state index contributed by atoms with van der Waals surface area (Å²) in [5.41, 5.74) is 0. The second-order valence-corrected chi connectivity index (χ2v) is 5.05. The van der Waals surface area contributed by atoms with Crippen molar-refractivity contribution in [3.05, 3.63) is 17.7 Å². The first-order valence-corrected chi connectivity index (χ1v) is 7.15. The summed E-state index contributed by atoms with van der Waals surface area (Å²) in [5.74, 6) is 0.599. The van der Waals surface area contributed by atoms with E-state index in [9.17, 15) is 0 Å². The molecule has 0 aromatic carbocycles. The molecule has 102 valence electrons. The van der Waals surface area contributed by atoms with Gasteiger partial charge in [0.2, 0.25) is 16.4 Å². The number of hydrogen-bond donors (Lipinski definition) is 0. The van der Waals surface area contributed by atoms with E-state index in [-0.39, 0.29) is 5.28 Å². The number of hydrogen-bond acceptors (Lipinski definition) is 6. The Bertz CT molecular complexity index is 554. The molecule has 0 aliphatic carbocycles. The Hall–Kier alpha value is -1.34. The maximum Gasteiger partial charge on any atom is 0.230 e. The van der Waals surface area contributed by atoms with Gasteiger partial charge in [-0.2, -0.15) is 15.0 Å². The first-order chi connectivity index (χ1) is 9.13. The van der Waals surface area contributed by atoms with Crippen molar-refractivity contribution in [1.29, 1.82) is 0 Å². The van der Waals surface area contributed by atoms with E-state index in [0.29, 0.717) is 11.1 Å². The van der Waals surface area contributed by atoms with Crippen LogP contribution in [0.15, 0.2) is 22.7 Å². The Morgan fingerprint density at radius 2 is 2.00 bits per heavy atom. The van der Waals surface area contributed by atoms with Gasteiger partial charge in [-0.15, -0.1) is 0 Å². The highest BCUT2D eigenvalue weighted by Gasteiger charge is 2.12. The Morgan fingerprint density at radius 1 is 1.26 bits per heavy atom. The van der Waals surface area contributed by atoms with Gasteiger partial charge in [-0.05, 0) is 37.2 Å². The minimum atomic E-state index is 0.202. The number of imidazole rings is 1. The van der Waals surface area contributed by atoms with Crippen LogP contribution in [0, 0.1) is 0 Å². The molecule has 0 bridgehead atoms. The summed E-state index contributed by atoms with van der Waals surface area (Å²) >= 11 is 7.32. The van der Waals surface area contributed by atoms with Crippen molar-refractivity contribution in [3.63, 3.8) is 0 Å². The fourth-order valence-electron chi connectivity index (χ4n) is 1.55. The van der Waals surface area contributed by atoms with E-state index >= 15 is 0 Å². The van der Waals surface area contributed by atoms with Crippen LogP contribution in [0.5, 0.6) is 0 Å². The van der Waals surface area contributed by atoms with Crippen LogP contribution < -0.4 is 4.90 Å². The van der Waals surface area contributed by atoms with Crippen molar-refractivity contribution in [3.8, 4) is 0 Å². The van der Waals surface area contributed by atoms with Crippen LogP contribution in [-0.2, 0) is 7.05 Å². The average molecular weight is 299 g/mol. The van der Waals surface area contributed by atoms with Gasteiger partial charge in [-0.3, -0.25) is 0 Å². The Kier molecular flexibility index (Phi) is 4.60. The average Bonchev–Trinajstić information content (AvgIpc) is 2.76. The lowest BCUT2D eigenvalue weighted by Crippen LogP contribution is -2.24. The van der Waals surface area contributed by atoms with Crippen molar-refractivity contribution < 1.29 is 0 Å². The zero-order chi connectivity index (χ0) is 13.8. The van der Waals surface area contributed by atoms with Gasteiger partial charge in [0.1, 0.15) is 0 Å². The lowest BCUT2D eigenvalue weighted by atomic mass is 10.5. The molecule has 2 aromatic heterocycles. The van der Waals surface area contributed by atoms with E-state index in [2.05, 4.69) is 19.9 Å². The van der Waals surface area contributed by atoms with Crippen LogP contribution in [0.3, 0.4) is 0 Å². The summed E-state index contributed by atoms with van der Waals surface area (Å²) in [7, 11) is 1.92. The Morgan fingerprint density at radius 3 is 2.58 bits per heavy atom. The van der Waals surface area contributed by atoms with Gasteiger partial charge in [-0.1, -0.05) is 0 Å². The topological polar surface area (TPSA) is 59.7 Å². The second-order valence-electron chi connectivity index (χ2n) is 3.78. The molecular formula is C11H15ClN6S. The normalized spacial score (nSPS) is 10.7. The molecule has 2 heterocycles. The van der Waals surface area contributed by atoms with Crippen LogP contribution in [-0.4, -0.2) is 37.6 Å². The third-order valence-corrected chi connectivity index (χ3v) is 3.69. The monoisotopic (exact) mass is 298 g/mol. The predicted molar refractivity (Wildman–Crippen MR) is 75.7 cm³/mol. The van der Waals surface area contributed by atoms with E-state index in [0.717, 1.165) is 18.2 Å². The van der Waals surface area contributed by atoms with E-state index < -0.39 is 0 Å². The van der Waals surface area contributed by atoms with Crippen LogP contribution in [0.1, 0.15) is 13.8 Å². The lowest BCUT2D eigenvalue weighted by Gasteiger charge is -2.18. The van der Waals surface area contributed by atoms with Gasteiger partial charge in [0.05, 0.1) is 0 Å². The van der Waals surface area contributed by atoms with Crippen LogP contribution >= 0.6 is 23.4 Å². The summed E-state index contributed by atoms with van der Waals surface area (Å²) in [6, 6.07) is 0. The highest BCUT2D eigenvalue weighted by Crippen LogP contribution is 2.24. The van der Waals surface area contributed by atoms with Gasteiger partial charge in [0.25, 0.3) is 0 Å². The minimum absolute atomic E-state index is 0.202. The standard InChI is InChI=1S/C11H15ClN6S/c1-4-18(5-2)9-14-8(12)15-10(16-9)19-11-13-6-7-17(11)3/h6-7H,4-5H2,1-3H3. The summed E-state index contributed by atoms with van der Waals surface area (Å²) < 4.78 is 1.90. The second kappa shape index (κ2) is 6.21. The summed E-state index contributed by atoms with van der Waals surface area (Å²) in [6.07, 6.45) is 3.60. The van der Waals surface area contributed by atoms with Crippen molar-refractivity contribution in [2.75, 3.05) is 18.0 Å².